The molecule has 2 bridgehead atoms. The zero-order valence-corrected chi connectivity index (χ0v) is 19.7. The van der Waals surface area contributed by atoms with Crippen LogP contribution >= 0.6 is 0 Å². The number of hydrogen-bond acceptors (Lipinski definition) is 7. The van der Waals surface area contributed by atoms with Crippen molar-refractivity contribution in [1.82, 2.24) is 5.01 Å². The molecule has 9 nitrogen and oxygen atoms in total. The van der Waals surface area contributed by atoms with Crippen LogP contribution in [0.25, 0.3) is 0 Å². The van der Waals surface area contributed by atoms with Gasteiger partial charge in [-0.1, -0.05) is 30.4 Å². The highest BCUT2D eigenvalue weighted by Crippen LogP contribution is 2.52. The van der Waals surface area contributed by atoms with Crippen LogP contribution in [0.2, 0.25) is 0 Å². The van der Waals surface area contributed by atoms with Gasteiger partial charge >= 0.3 is 0 Å². The number of fused-ring (bicyclic) bond motifs is 5. The number of non-ortho nitro benzene ring substituents is 1. The number of amides is 2. The number of carbonyl (C=O) groups is 2. The van der Waals surface area contributed by atoms with E-state index in [1.54, 1.807) is 24.3 Å². The Hall–Kier alpha value is -4.27. The van der Waals surface area contributed by atoms with Crippen LogP contribution < -0.4 is 9.47 Å². The molecule has 4 atom stereocenters. The van der Waals surface area contributed by atoms with E-state index in [4.69, 9.17) is 9.47 Å². The first-order valence-electron chi connectivity index (χ1n) is 11.7. The number of imide groups is 1. The van der Waals surface area contributed by atoms with E-state index in [2.05, 4.69) is 11.7 Å². The second kappa shape index (κ2) is 9.41. The van der Waals surface area contributed by atoms with Gasteiger partial charge in [0.05, 0.1) is 30.1 Å². The van der Waals surface area contributed by atoms with Crippen molar-refractivity contribution in [2.75, 3.05) is 7.11 Å². The lowest BCUT2D eigenvalue weighted by Crippen LogP contribution is -2.28. The molecule has 0 aromatic heterocycles. The fourth-order valence-electron chi connectivity index (χ4n) is 5.42. The van der Waals surface area contributed by atoms with Crippen molar-refractivity contribution in [1.29, 1.82) is 0 Å². The van der Waals surface area contributed by atoms with E-state index in [0.29, 0.717) is 29.0 Å². The van der Waals surface area contributed by atoms with Crippen molar-refractivity contribution in [3.63, 3.8) is 0 Å². The number of allylic oxidation sites excluding steroid dienone is 3. The molecule has 9 heteroatoms. The Bertz CT molecular complexity index is 1290. The van der Waals surface area contributed by atoms with Gasteiger partial charge in [0.25, 0.3) is 17.5 Å². The molecule has 1 saturated carbocycles. The van der Waals surface area contributed by atoms with Gasteiger partial charge < -0.3 is 9.47 Å². The number of hydrogen-bond donors (Lipinski definition) is 0. The van der Waals surface area contributed by atoms with Gasteiger partial charge in [0, 0.05) is 17.7 Å². The van der Waals surface area contributed by atoms with E-state index in [0.717, 1.165) is 17.0 Å². The van der Waals surface area contributed by atoms with Gasteiger partial charge in [0.15, 0.2) is 11.5 Å². The molecule has 184 valence electrons. The van der Waals surface area contributed by atoms with E-state index in [1.807, 2.05) is 18.2 Å². The zero-order chi connectivity index (χ0) is 25.4. The van der Waals surface area contributed by atoms with Crippen molar-refractivity contribution in [2.45, 2.75) is 19.4 Å². The minimum atomic E-state index is -0.453. The van der Waals surface area contributed by atoms with Crippen LogP contribution in [-0.2, 0) is 22.6 Å². The Kier molecular flexibility index (Phi) is 6.13. The first-order chi connectivity index (χ1) is 17.4. The molecule has 0 N–H and O–H groups in total. The summed E-state index contributed by atoms with van der Waals surface area (Å²) in [6, 6.07) is 9.76. The number of carbonyl (C=O) groups excluding carboxylic acids is 2. The highest BCUT2D eigenvalue weighted by molar-refractivity contribution is 6.06. The monoisotopic (exact) mass is 487 g/mol. The number of ether oxygens (including phenoxy) is 2. The number of hydrazone groups is 1. The predicted octanol–water partition coefficient (Wildman–Crippen LogP) is 4.05. The first kappa shape index (κ1) is 23.5. The number of nitro benzene ring substituents is 1. The largest absolute Gasteiger partial charge is 0.493 e. The molecule has 5 rings (SSSR count). The standard InChI is InChI=1S/C27H25N3O6/c1-3-5-20-10-17(14-28-29-26(31)23-18-8-9-19(13-18)24(23)27(29)32)12-22(35-2)25(20)36-15-16-6-4-7-21(11-16)30(33)34/h3-4,6-12,14,18-19,23-24H,1,5,13,15H2,2H3. The van der Waals surface area contributed by atoms with Crippen LogP contribution in [0.15, 0.2) is 66.3 Å². The fourth-order valence-corrected chi connectivity index (χ4v) is 5.42. The molecule has 4 unspecified atom stereocenters. The van der Waals surface area contributed by atoms with Crippen LogP contribution in [0.5, 0.6) is 11.5 Å². The quantitative estimate of drug-likeness (QED) is 0.173. The highest BCUT2D eigenvalue weighted by atomic mass is 16.6. The van der Waals surface area contributed by atoms with E-state index in [-0.39, 0.29) is 47.8 Å². The summed E-state index contributed by atoms with van der Waals surface area (Å²) in [6.07, 6.45) is 8.61. The number of rotatable bonds is 9. The van der Waals surface area contributed by atoms with Crippen molar-refractivity contribution >= 4 is 23.7 Å². The van der Waals surface area contributed by atoms with Gasteiger partial charge in [-0.15, -0.1) is 6.58 Å². The summed E-state index contributed by atoms with van der Waals surface area (Å²) in [5.74, 6) is 0.0598. The third-order valence-corrected chi connectivity index (χ3v) is 7.01. The Labute approximate surface area is 207 Å². The molecular formula is C27H25N3O6. The Morgan fingerprint density at radius 3 is 2.53 bits per heavy atom. The molecule has 2 amide bonds. The second-order valence-electron chi connectivity index (χ2n) is 9.15. The minimum absolute atomic E-state index is 0.0140. The smallest absolute Gasteiger partial charge is 0.269 e. The molecule has 2 aromatic rings. The highest BCUT2D eigenvalue weighted by Gasteiger charge is 2.59. The Morgan fingerprint density at radius 1 is 1.17 bits per heavy atom. The summed E-state index contributed by atoms with van der Waals surface area (Å²) in [4.78, 5) is 36.4. The zero-order valence-electron chi connectivity index (χ0n) is 19.7. The molecule has 1 saturated heterocycles. The topological polar surface area (TPSA) is 111 Å². The van der Waals surface area contributed by atoms with Gasteiger partial charge in [-0.05, 0) is 47.9 Å². The molecular weight excluding hydrogens is 462 g/mol. The van der Waals surface area contributed by atoms with Gasteiger partial charge in [0.1, 0.15) is 6.61 Å². The molecule has 0 spiro atoms. The van der Waals surface area contributed by atoms with Crippen molar-refractivity contribution in [3.05, 3.63) is 88.0 Å². The van der Waals surface area contributed by atoms with E-state index >= 15 is 0 Å². The summed E-state index contributed by atoms with van der Waals surface area (Å²) in [6.45, 7) is 3.91. The molecule has 1 heterocycles. The predicted molar refractivity (Wildman–Crippen MR) is 131 cm³/mol. The molecule has 2 aromatic carbocycles. The number of benzene rings is 2. The van der Waals surface area contributed by atoms with Gasteiger partial charge in [-0.3, -0.25) is 19.7 Å². The van der Waals surface area contributed by atoms with E-state index < -0.39 is 4.92 Å². The average molecular weight is 488 g/mol. The fraction of sp³-hybridized carbons (Fsp3) is 0.296. The molecule has 2 aliphatic carbocycles. The maximum absolute atomic E-state index is 12.9. The van der Waals surface area contributed by atoms with E-state index in [9.17, 15) is 19.7 Å². The van der Waals surface area contributed by atoms with Gasteiger partial charge in [-0.2, -0.15) is 10.1 Å². The lowest BCUT2D eigenvalue weighted by atomic mass is 9.85. The van der Waals surface area contributed by atoms with Crippen LogP contribution in [0.3, 0.4) is 0 Å². The Morgan fingerprint density at radius 2 is 1.89 bits per heavy atom. The maximum Gasteiger partial charge on any atom is 0.269 e. The second-order valence-corrected chi connectivity index (χ2v) is 9.15. The molecule has 36 heavy (non-hydrogen) atoms. The summed E-state index contributed by atoms with van der Waals surface area (Å²) in [7, 11) is 1.51. The molecule has 0 radical (unpaired) electrons. The molecule has 3 aliphatic rings. The molecule has 1 aliphatic heterocycles. The number of nitro groups is 1. The van der Waals surface area contributed by atoms with Crippen LogP contribution in [0, 0.1) is 33.8 Å². The van der Waals surface area contributed by atoms with E-state index in [1.165, 1.54) is 25.5 Å². The van der Waals surface area contributed by atoms with Gasteiger partial charge in [0.2, 0.25) is 0 Å². The lowest BCUT2D eigenvalue weighted by molar-refractivity contribution is -0.384. The van der Waals surface area contributed by atoms with Crippen LogP contribution in [0.4, 0.5) is 5.69 Å². The maximum atomic E-state index is 12.9. The third kappa shape index (κ3) is 4.06. The molecule has 2 fully saturated rings. The Balaban J connectivity index is 1.38. The average Bonchev–Trinajstić information content (AvgIpc) is 3.56. The normalized spacial score (nSPS) is 24.0. The van der Waals surface area contributed by atoms with Crippen LogP contribution in [-0.4, -0.2) is 35.1 Å². The number of methoxy groups -OCH3 is 1. The minimum Gasteiger partial charge on any atom is -0.493 e. The first-order valence-corrected chi connectivity index (χ1v) is 11.7. The summed E-state index contributed by atoms with van der Waals surface area (Å²) in [5.41, 5.74) is 2.01. The lowest BCUT2D eigenvalue weighted by Gasteiger charge is -2.16. The van der Waals surface area contributed by atoms with Crippen LogP contribution in [0.1, 0.15) is 23.1 Å². The summed E-state index contributed by atoms with van der Waals surface area (Å²) >= 11 is 0. The van der Waals surface area contributed by atoms with Crippen molar-refractivity contribution < 1.29 is 24.0 Å². The summed E-state index contributed by atoms with van der Waals surface area (Å²) < 4.78 is 11.6. The van der Waals surface area contributed by atoms with Gasteiger partial charge in [-0.25, -0.2) is 0 Å². The third-order valence-electron chi connectivity index (χ3n) is 7.01. The van der Waals surface area contributed by atoms with Crippen molar-refractivity contribution in [2.24, 2.45) is 28.8 Å². The van der Waals surface area contributed by atoms with Crippen molar-refractivity contribution in [3.8, 4) is 11.5 Å². The summed E-state index contributed by atoms with van der Waals surface area (Å²) in [5, 5.41) is 16.3. The number of nitrogens with zero attached hydrogens (tertiary/aromatic N) is 3. The SMILES string of the molecule is C=CCc1cc(C=NN2C(=O)C3C4C=CC(C4)C3C2=O)cc(OC)c1OCc1cccc([N+](=O)[O-])c1.